The lowest BCUT2D eigenvalue weighted by Gasteiger charge is -2.07. The zero-order valence-corrected chi connectivity index (χ0v) is 17.2. The quantitative estimate of drug-likeness (QED) is 0.529. The van der Waals surface area contributed by atoms with Gasteiger partial charge >= 0.3 is 0 Å². The second kappa shape index (κ2) is 9.05. The molecule has 0 unspecified atom stereocenters. The van der Waals surface area contributed by atoms with E-state index in [2.05, 4.69) is 39.5 Å². The topological polar surface area (TPSA) is 95.2 Å². The van der Waals surface area contributed by atoms with Crippen LogP contribution in [-0.2, 0) is 5.75 Å². The third-order valence-electron chi connectivity index (χ3n) is 3.50. The van der Waals surface area contributed by atoms with Crippen LogP contribution in [0.4, 0.5) is 5.13 Å². The third kappa shape index (κ3) is 5.10. The molecule has 0 saturated carbocycles. The van der Waals surface area contributed by atoms with Crippen molar-refractivity contribution < 1.29 is 14.0 Å². The summed E-state index contributed by atoms with van der Waals surface area (Å²) in [7, 11) is 3.19. The molecule has 27 heavy (non-hydrogen) atoms. The Bertz CT molecular complexity index is 881. The van der Waals surface area contributed by atoms with Gasteiger partial charge in [0.15, 0.2) is 15.8 Å². The highest BCUT2D eigenvalue weighted by Gasteiger charge is 2.13. The van der Waals surface area contributed by atoms with Crippen LogP contribution in [0.25, 0.3) is 11.4 Å². The second-order valence-electron chi connectivity index (χ2n) is 6.02. The fraction of sp³-hybridized carbons (Fsp3) is 0.412. The normalized spacial score (nSPS) is 11.0. The van der Waals surface area contributed by atoms with Gasteiger partial charge in [0.2, 0.25) is 16.8 Å². The molecule has 0 fully saturated rings. The maximum atomic E-state index is 5.34. The van der Waals surface area contributed by atoms with Gasteiger partial charge in [-0.25, -0.2) is 0 Å². The molecule has 1 N–H and O–H groups in total. The Balaban J connectivity index is 1.61. The number of methoxy groups -OCH3 is 2. The van der Waals surface area contributed by atoms with Crippen molar-refractivity contribution in [2.45, 2.75) is 23.9 Å². The number of thioether (sulfide) groups is 1. The van der Waals surface area contributed by atoms with E-state index in [1.807, 2.05) is 18.2 Å². The van der Waals surface area contributed by atoms with E-state index in [4.69, 9.17) is 14.0 Å². The molecule has 10 heteroatoms. The van der Waals surface area contributed by atoms with E-state index >= 15 is 0 Å². The molecular weight excluding hydrogens is 386 g/mol. The molecule has 0 amide bonds. The molecule has 0 bridgehead atoms. The number of benzene rings is 1. The number of nitrogens with one attached hydrogen (secondary N) is 1. The first kappa shape index (κ1) is 19.4. The van der Waals surface area contributed by atoms with Crippen molar-refractivity contribution in [1.29, 1.82) is 0 Å². The average Bonchev–Trinajstić information content (AvgIpc) is 3.33. The monoisotopic (exact) mass is 407 g/mol. The Kier molecular flexibility index (Phi) is 6.51. The summed E-state index contributed by atoms with van der Waals surface area (Å²) in [6.07, 6.45) is 0. The van der Waals surface area contributed by atoms with Crippen LogP contribution < -0.4 is 14.8 Å². The number of rotatable bonds is 9. The zero-order chi connectivity index (χ0) is 19.2. The summed E-state index contributed by atoms with van der Waals surface area (Å²) in [4.78, 5) is 4.44. The summed E-state index contributed by atoms with van der Waals surface area (Å²) in [6.45, 7) is 5.17. The van der Waals surface area contributed by atoms with Gasteiger partial charge in [-0.1, -0.05) is 42.1 Å². The molecule has 0 aliphatic heterocycles. The van der Waals surface area contributed by atoms with E-state index in [1.165, 1.54) is 23.1 Å². The first-order valence-corrected chi connectivity index (χ1v) is 10.1. The van der Waals surface area contributed by atoms with Crippen molar-refractivity contribution in [3.63, 3.8) is 0 Å². The molecular formula is C17H21N5O3S2. The van der Waals surface area contributed by atoms with Gasteiger partial charge in [0, 0.05) is 12.1 Å². The number of anilines is 1. The highest BCUT2D eigenvalue weighted by atomic mass is 32.2. The van der Waals surface area contributed by atoms with Gasteiger partial charge < -0.3 is 19.3 Å². The van der Waals surface area contributed by atoms with Crippen LogP contribution in [0.3, 0.4) is 0 Å². The van der Waals surface area contributed by atoms with E-state index in [-0.39, 0.29) is 0 Å². The van der Waals surface area contributed by atoms with Gasteiger partial charge in [0.1, 0.15) is 0 Å². The van der Waals surface area contributed by atoms with Crippen LogP contribution in [0, 0.1) is 5.92 Å². The van der Waals surface area contributed by atoms with E-state index in [0.717, 1.165) is 21.6 Å². The van der Waals surface area contributed by atoms with E-state index in [9.17, 15) is 0 Å². The molecule has 144 valence electrons. The largest absolute Gasteiger partial charge is 0.493 e. The summed E-state index contributed by atoms with van der Waals surface area (Å²) in [5.41, 5.74) is 0.795. The Morgan fingerprint density at radius 2 is 2.00 bits per heavy atom. The molecule has 0 aliphatic carbocycles. The second-order valence-corrected chi connectivity index (χ2v) is 8.22. The summed E-state index contributed by atoms with van der Waals surface area (Å²) in [5, 5.41) is 16.4. The SMILES string of the molecule is COc1ccc(-c2noc(CSc3nnc(NCC(C)C)s3)n2)cc1OC. The minimum Gasteiger partial charge on any atom is -0.493 e. The predicted molar refractivity (Wildman–Crippen MR) is 106 cm³/mol. The summed E-state index contributed by atoms with van der Waals surface area (Å²) >= 11 is 3.03. The van der Waals surface area contributed by atoms with Crippen LogP contribution in [-0.4, -0.2) is 41.1 Å². The smallest absolute Gasteiger partial charge is 0.237 e. The molecule has 8 nitrogen and oxygen atoms in total. The molecule has 1 aromatic carbocycles. The van der Waals surface area contributed by atoms with Crippen molar-refractivity contribution in [1.82, 2.24) is 20.3 Å². The predicted octanol–water partition coefficient (Wildman–Crippen LogP) is 3.97. The molecule has 3 aromatic rings. The lowest BCUT2D eigenvalue weighted by molar-refractivity contribution is 0.355. The molecule has 0 atom stereocenters. The van der Waals surface area contributed by atoms with Gasteiger partial charge in [-0.3, -0.25) is 0 Å². The van der Waals surface area contributed by atoms with Crippen molar-refractivity contribution in [3.8, 4) is 22.9 Å². The van der Waals surface area contributed by atoms with Crippen LogP contribution in [0.2, 0.25) is 0 Å². The molecule has 0 aliphatic rings. The third-order valence-corrected chi connectivity index (χ3v) is 5.50. The number of ether oxygens (including phenoxy) is 2. The van der Waals surface area contributed by atoms with Crippen molar-refractivity contribution in [2.24, 2.45) is 5.92 Å². The average molecular weight is 408 g/mol. The lowest BCUT2D eigenvalue weighted by atomic mass is 10.2. The Morgan fingerprint density at radius 3 is 2.74 bits per heavy atom. The van der Waals surface area contributed by atoms with Crippen LogP contribution >= 0.6 is 23.1 Å². The van der Waals surface area contributed by atoms with Gasteiger partial charge in [0.05, 0.1) is 20.0 Å². The Morgan fingerprint density at radius 1 is 1.19 bits per heavy atom. The molecule has 0 spiro atoms. The standard InChI is InChI=1S/C17H21N5O3S2/c1-10(2)8-18-16-20-21-17(27-16)26-9-14-19-15(22-25-14)11-5-6-12(23-3)13(7-11)24-4/h5-7,10H,8-9H2,1-4H3,(H,18,20). The van der Waals surface area contributed by atoms with Crippen LogP contribution in [0.5, 0.6) is 11.5 Å². The van der Waals surface area contributed by atoms with Gasteiger partial charge in [-0.05, 0) is 24.1 Å². The van der Waals surface area contributed by atoms with Gasteiger partial charge in [0.25, 0.3) is 0 Å². The molecule has 0 saturated heterocycles. The van der Waals surface area contributed by atoms with Crippen LogP contribution in [0.15, 0.2) is 27.1 Å². The minimum absolute atomic E-state index is 0.503. The van der Waals surface area contributed by atoms with Crippen molar-refractivity contribution >= 4 is 28.2 Å². The number of nitrogens with zero attached hydrogens (tertiary/aromatic N) is 4. The fourth-order valence-corrected chi connectivity index (χ4v) is 3.76. The number of hydrogen-bond donors (Lipinski definition) is 1. The van der Waals surface area contributed by atoms with E-state index < -0.39 is 0 Å². The van der Waals surface area contributed by atoms with E-state index in [1.54, 1.807) is 14.2 Å². The van der Waals surface area contributed by atoms with Gasteiger partial charge in [-0.2, -0.15) is 4.98 Å². The molecule has 2 aromatic heterocycles. The maximum Gasteiger partial charge on any atom is 0.237 e. The maximum absolute atomic E-state index is 5.34. The highest BCUT2D eigenvalue weighted by molar-refractivity contribution is 8.00. The molecule has 3 rings (SSSR count). The number of aromatic nitrogens is 4. The van der Waals surface area contributed by atoms with Crippen molar-refractivity contribution in [3.05, 3.63) is 24.1 Å². The molecule has 0 radical (unpaired) electrons. The summed E-state index contributed by atoms with van der Waals surface area (Å²) in [5.74, 6) is 3.38. The summed E-state index contributed by atoms with van der Waals surface area (Å²) < 4.78 is 16.8. The Hall–Kier alpha value is -2.33. The minimum atomic E-state index is 0.503. The lowest BCUT2D eigenvalue weighted by Crippen LogP contribution is -2.07. The fourth-order valence-electron chi connectivity index (χ4n) is 2.16. The Labute approximate surface area is 165 Å². The summed E-state index contributed by atoms with van der Waals surface area (Å²) in [6, 6.07) is 5.49. The highest BCUT2D eigenvalue weighted by Crippen LogP contribution is 2.32. The zero-order valence-electron chi connectivity index (χ0n) is 15.6. The number of hydrogen-bond acceptors (Lipinski definition) is 10. The molecule has 2 heterocycles. The first-order chi connectivity index (χ1) is 13.1. The van der Waals surface area contributed by atoms with Gasteiger partial charge in [-0.15, -0.1) is 10.2 Å². The van der Waals surface area contributed by atoms with Crippen LogP contribution in [0.1, 0.15) is 19.7 Å². The first-order valence-electron chi connectivity index (χ1n) is 8.34. The van der Waals surface area contributed by atoms with E-state index in [0.29, 0.717) is 34.9 Å². The van der Waals surface area contributed by atoms with Crippen molar-refractivity contribution in [2.75, 3.05) is 26.1 Å².